The van der Waals surface area contributed by atoms with Gasteiger partial charge in [0.15, 0.2) is 0 Å². The molecular weight excluding hydrogens is 162 g/mol. The molecule has 0 fully saturated rings. The van der Waals surface area contributed by atoms with Crippen LogP contribution < -0.4 is 5.73 Å². The van der Waals surface area contributed by atoms with Crippen molar-refractivity contribution in [3.8, 4) is 0 Å². The number of hydrogen-bond donors (Lipinski definition) is 3. The Hall–Kier alpha value is -1.52. The van der Waals surface area contributed by atoms with Gasteiger partial charge in [-0.2, -0.15) is 0 Å². The molecule has 0 aliphatic rings. The molecule has 68 valence electrons. The maximum atomic E-state index is 10.0. The highest BCUT2D eigenvalue weighted by molar-refractivity contribution is 5.69. The van der Waals surface area contributed by atoms with Gasteiger partial charge in [0.05, 0.1) is 12.8 Å². The van der Waals surface area contributed by atoms with Crippen LogP contribution in [0.25, 0.3) is 0 Å². The Kier molecular flexibility index (Phi) is 4.52. The van der Waals surface area contributed by atoms with Gasteiger partial charge in [-0.25, -0.2) is 0 Å². The Morgan fingerprint density at radius 3 is 2.17 bits per heavy atom. The van der Waals surface area contributed by atoms with Gasteiger partial charge in [0.25, 0.3) is 0 Å². The van der Waals surface area contributed by atoms with Gasteiger partial charge in [-0.15, -0.1) is 0 Å². The molecule has 0 aliphatic heterocycles. The molecule has 0 heterocycles. The fraction of sp³-hybridized carbons (Fsp3) is 0.429. The van der Waals surface area contributed by atoms with Crippen molar-refractivity contribution < 1.29 is 19.8 Å². The summed E-state index contributed by atoms with van der Waals surface area (Å²) >= 11 is 0. The number of hydrogen-bond acceptors (Lipinski definition) is 3. The van der Waals surface area contributed by atoms with Crippen LogP contribution in [0.15, 0.2) is 11.8 Å². The molecule has 0 atom stereocenters. The molecule has 0 amide bonds. The van der Waals surface area contributed by atoms with Crippen molar-refractivity contribution in [2.45, 2.75) is 19.3 Å². The minimum Gasteiger partial charge on any atom is -0.481 e. The number of aliphatic carboxylic acids is 2. The number of allylic oxidation sites excluding steroid dienone is 1. The molecule has 0 rings (SSSR count). The van der Waals surface area contributed by atoms with Gasteiger partial charge in [0.1, 0.15) is 0 Å². The van der Waals surface area contributed by atoms with Gasteiger partial charge in [-0.3, -0.25) is 9.59 Å². The predicted octanol–water partition coefficient (Wildman–Crippen LogP) is 0.169. The third-order valence-corrected chi connectivity index (χ3v) is 1.17. The molecule has 0 radical (unpaired) electrons. The maximum Gasteiger partial charge on any atom is 0.307 e. The average Bonchev–Trinajstić information content (AvgIpc) is 1.96. The highest BCUT2D eigenvalue weighted by Gasteiger charge is 1.99. The summed E-state index contributed by atoms with van der Waals surface area (Å²) in [6, 6.07) is 0. The van der Waals surface area contributed by atoms with Gasteiger partial charge >= 0.3 is 11.9 Å². The Labute approximate surface area is 69.5 Å². The molecule has 0 aliphatic carbocycles. The van der Waals surface area contributed by atoms with Crippen molar-refractivity contribution in [1.29, 1.82) is 0 Å². The van der Waals surface area contributed by atoms with Crippen molar-refractivity contribution in [3.05, 3.63) is 11.8 Å². The van der Waals surface area contributed by atoms with Crippen molar-refractivity contribution >= 4 is 11.9 Å². The molecule has 0 aromatic carbocycles. The SMILES string of the molecule is NC(=CCC(=O)O)CCC(=O)O. The zero-order valence-corrected chi connectivity index (χ0v) is 6.49. The van der Waals surface area contributed by atoms with E-state index in [0.717, 1.165) is 0 Å². The first-order valence-electron chi connectivity index (χ1n) is 3.40. The van der Waals surface area contributed by atoms with E-state index in [-0.39, 0.29) is 19.3 Å². The minimum absolute atomic E-state index is 0.0675. The second kappa shape index (κ2) is 5.17. The molecule has 0 aromatic rings. The summed E-state index contributed by atoms with van der Waals surface area (Å²) in [5.41, 5.74) is 5.61. The van der Waals surface area contributed by atoms with Crippen LogP contribution in [0.4, 0.5) is 0 Å². The predicted molar refractivity (Wildman–Crippen MR) is 41.4 cm³/mol. The molecule has 5 heteroatoms. The number of carboxylic acid groups (broad SMARTS) is 2. The third kappa shape index (κ3) is 6.60. The smallest absolute Gasteiger partial charge is 0.307 e. The first-order chi connectivity index (χ1) is 5.52. The lowest BCUT2D eigenvalue weighted by Crippen LogP contribution is -2.03. The largest absolute Gasteiger partial charge is 0.481 e. The molecule has 0 unspecified atom stereocenters. The minimum atomic E-state index is -0.978. The van der Waals surface area contributed by atoms with Crippen molar-refractivity contribution in [3.63, 3.8) is 0 Å². The van der Waals surface area contributed by atoms with Gasteiger partial charge in [-0.1, -0.05) is 6.08 Å². The summed E-state index contributed by atoms with van der Waals surface area (Å²) in [5.74, 6) is -1.92. The summed E-state index contributed by atoms with van der Waals surface area (Å²) in [6.07, 6.45) is 1.28. The molecule has 0 saturated carbocycles. The highest BCUT2D eigenvalue weighted by atomic mass is 16.4. The van der Waals surface area contributed by atoms with E-state index in [2.05, 4.69) is 0 Å². The van der Waals surface area contributed by atoms with Crippen molar-refractivity contribution in [1.82, 2.24) is 0 Å². The van der Waals surface area contributed by atoms with Gasteiger partial charge in [-0.05, 0) is 6.42 Å². The highest BCUT2D eigenvalue weighted by Crippen LogP contribution is 1.99. The summed E-state index contributed by atoms with van der Waals surface area (Å²) in [4.78, 5) is 20.1. The number of carboxylic acids is 2. The zero-order valence-electron chi connectivity index (χ0n) is 6.49. The van der Waals surface area contributed by atoms with Gasteiger partial charge < -0.3 is 15.9 Å². The van der Waals surface area contributed by atoms with Crippen LogP contribution in [-0.2, 0) is 9.59 Å². The quantitative estimate of drug-likeness (QED) is 0.550. The Bertz CT molecular complexity index is 209. The van der Waals surface area contributed by atoms with E-state index >= 15 is 0 Å². The molecule has 4 N–H and O–H groups in total. The van der Waals surface area contributed by atoms with Crippen molar-refractivity contribution in [2.24, 2.45) is 5.73 Å². The lowest BCUT2D eigenvalue weighted by Gasteiger charge is -1.96. The molecule has 0 aromatic heterocycles. The Morgan fingerprint density at radius 2 is 1.75 bits per heavy atom. The van der Waals surface area contributed by atoms with E-state index in [4.69, 9.17) is 15.9 Å². The molecule has 0 spiro atoms. The van der Waals surface area contributed by atoms with E-state index in [9.17, 15) is 9.59 Å². The molecule has 5 nitrogen and oxygen atoms in total. The number of carbonyl (C=O) groups is 2. The standard InChI is InChI=1S/C7H11NO4/c8-5(1-3-6(9)10)2-4-7(11)12/h1H,2-4,8H2,(H,9,10)(H,11,12). The van der Waals surface area contributed by atoms with Gasteiger partial charge in [0.2, 0.25) is 0 Å². The van der Waals surface area contributed by atoms with E-state index in [1.54, 1.807) is 0 Å². The van der Waals surface area contributed by atoms with Gasteiger partial charge in [0, 0.05) is 5.70 Å². The normalized spacial score (nSPS) is 11.2. The van der Waals surface area contributed by atoms with E-state index in [1.165, 1.54) is 6.08 Å². The fourth-order valence-electron chi connectivity index (χ4n) is 0.572. The van der Waals surface area contributed by atoms with E-state index in [1.807, 2.05) is 0 Å². The maximum absolute atomic E-state index is 10.0. The van der Waals surface area contributed by atoms with Crippen LogP contribution in [0.2, 0.25) is 0 Å². The van der Waals surface area contributed by atoms with Crippen LogP contribution in [0, 0.1) is 0 Å². The van der Waals surface area contributed by atoms with Crippen LogP contribution in [0.1, 0.15) is 19.3 Å². The molecular formula is C7H11NO4. The lowest BCUT2D eigenvalue weighted by molar-refractivity contribution is -0.137. The third-order valence-electron chi connectivity index (χ3n) is 1.17. The zero-order chi connectivity index (χ0) is 9.56. The van der Waals surface area contributed by atoms with Crippen LogP contribution in [-0.4, -0.2) is 22.2 Å². The summed E-state index contributed by atoms with van der Waals surface area (Å²) in [6.45, 7) is 0. The Morgan fingerprint density at radius 1 is 1.17 bits per heavy atom. The van der Waals surface area contributed by atoms with E-state index < -0.39 is 11.9 Å². The summed E-state index contributed by atoms with van der Waals surface area (Å²) in [7, 11) is 0. The van der Waals surface area contributed by atoms with E-state index in [0.29, 0.717) is 5.70 Å². The van der Waals surface area contributed by atoms with Crippen LogP contribution in [0.3, 0.4) is 0 Å². The van der Waals surface area contributed by atoms with Crippen LogP contribution in [0.5, 0.6) is 0 Å². The molecule has 12 heavy (non-hydrogen) atoms. The second-order valence-electron chi connectivity index (χ2n) is 2.27. The summed E-state index contributed by atoms with van der Waals surface area (Å²) < 4.78 is 0. The topological polar surface area (TPSA) is 101 Å². The summed E-state index contributed by atoms with van der Waals surface area (Å²) in [5, 5.41) is 16.5. The number of rotatable bonds is 5. The van der Waals surface area contributed by atoms with Crippen molar-refractivity contribution in [2.75, 3.05) is 0 Å². The Balaban J connectivity index is 3.70. The second-order valence-corrected chi connectivity index (χ2v) is 2.27. The molecule has 0 bridgehead atoms. The number of nitrogens with two attached hydrogens (primary N) is 1. The average molecular weight is 173 g/mol. The van der Waals surface area contributed by atoms with Crippen LogP contribution >= 0.6 is 0 Å². The monoisotopic (exact) mass is 173 g/mol. The lowest BCUT2D eigenvalue weighted by atomic mass is 10.2. The first kappa shape index (κ1) is 10.5. The fourth-order valence-corrected chi connectivity index (χ4v) is 0.572. The molecule has 0 saturated heterocycles. The first-order valence-corrected chi connectivity index (χ1v) is 3.40.